The molecule has 2 rings (SSSR count). The van der Waals surface area contributed by atoms with Crippen molar-refractivity contribution in [1.29, 1.82) is 0 Å². The highest BCUT2D eigenvalue weighted by Gasteiger charge is 2.23. The van der Waals surface area contributed by atoms with Crippen molar-refractivity contribution in [2.24, 2.45) is 5.92 Å². The molecule has 1 aliphatic carbocycles. The average molecular weight is 431 g/mol. The van der Waals surface area contributed by atoms with Crippen molar-refractivity contribution < 1.29 is 28.2 Å². The average Bonchev–Trinajstić information content (AvgIpc) is 2.68. The summed E-state index contributed by atoms with van der Waals surface area (Å²) in [5.41, 5.74) is 0.801. The molecule has 0 saturated heterocycles. The maximum absolute atomic E-state index is 12.1. The molecule has 1 aliphatic rings. The Kier molecular flexibility index (Phi) is 9.68. The maximum Gasteiger partial charge on any atom is 0.504 e. The minimum absolute atomic E-state index is 0.101. The molecule has 0 bridgehead atoms. The molecule has 9 heteroatoms. The first kappa shape index (κ1) is 22.6. The second kappa shape index (κ2) is 12.0. The fraction of sp³-hybridized carbons (Fsp3) is 0.579. The first-order valence-electron chi connectivity index (χ1n) is 9.35. The number of esters is 1. The van der Waals surface area contributed by atoms with Gasteiger partial charge in [-0.1, -0.05) is 43.0 Å². The van der Waals surface area contributed by atoms with E-state index in [1.807, 2.05) is 0 Å². The van der Waals surface area contributed by atoms with Gasteiger partial charge in [0.2, 0.25) is 6.79 Å². The molecule has 0 spiro atoms. The van der Waals surface area contributed by atoms with Crippen LogP contribution in [0.4, 0.5) is 4.79 Å². The van der Waals surface area contributed by atoms with Gasteiger partial charge in [-0.25, -0.2) is 4.79 Å². The number of alkyl carbamates (subject to hydrolysis) is 1. The van der Waals surface area contributed by atoms with E-state index in [1.165, 1.54) is 6.66 Å². The van der Waals surface area contributed by atoms with Crippen molar-refractivity contribution in [3.8, 4) is 0 Å². The fourth-order valence-electron chi connectivity index (χ4n) is 3.10. The third-order valence-corrected chi connectivity index (χ3v) is 5.37. The zero-order valence-electron chi connectivity index (χ0n) is 15.9. The lowest BCUT2D eigenvalue weighted by atomic mass is 9.89. The Morgan fingerprint density at radius 2 is 1.86 bits per heavy atom. The molecule has 2 atom stereocenters. The molecule has 1 aromatic carbocycles. The Hall–Kier alpha value is -1.69. The normalized spacial score (nSPS) is 16.1. The molecule has 1 aromatic rings. The van der Waals surface area contributed by atoms with Crippen molar-refractivity contribution in [2.45, 2.75) is 44.6 Å². The minimum atomic E-state index is -1.72. The van der Waals surface area contributed by atoms with Gasteiger partial charge in [0.05, 0.1) is 12.0 Å². The first-order valence-corrected chi connectivity index (χ1v) is 11.3. The fourth-order valence-corrected chi connectivity index (χ4v) is 3.59. The standard InChI is InChI=1S/C19H25ClNO6P/c1-28(24)27-12-11-17(14-7-9-16(20)10-8-14)21-19(23)26-13-25-18(22)15-5-3-2-4-6-15/h7-10,15,17H,2-6,11-13H2,1H3/p+1. The molecule has 1 amide bonds. The predicted molar refractivity (Wildman–Crippen MR) is 105 cm³/mol. The van der Waals surface area contributed by atoms with Crippen molar-refractivity contribution in [1.82, 2.24) is 5.32 Å². The second-order valence-electron chi connectivity index (χ2n) is 6.66. The van der Waals surface area contributed by atoms with Crippen molar-refractivity contribution >= 4 is 31.7 Å². The summed E-state index contributed by atoms with van der Waals surface area (Å²) < 4.78 is 26.3. The molecule has 1 fully saturated rings. The summed E-state index contributed by atoms with van der Waals surface area (Å²) in [7, 11) is -1.72. The largest absolute Gasteiger partial charge is 0.504 e. The number of carbonyl (C=O) groups is 2. The zero-order valence-corrected chi connectivity index (χ0v) is 17.5. The van der Waals surface area contributed by atoms with E-state index < -0.39 is 27.0 Å². The summed E-state index contributed by atoms with van der Waals surface area (Å²) in [5.74, 6) is -0.419. The number of carbonyl (C=O) groups excluding carboxylic acids is 2. The Balaban J connectivity index is 1.82. The summed E-state index contributed by atoms with van der Waals surface area (Å²) in [6.07, 6.45) is 4.52. The molecule has 1 saturated carbocycles. The zero-order chi connectivity index (χ0) is 20.4. The first-order chi connectivity index (χ1) is 13.5. The number of hydrogen-bond donors (Lipinski definition) is 1. The van der Waals surface area contributed by atoms with E-state index in [0.717, 1.165) is 37.7 Å². The third-order valence-electron chi connectivity index (χ3n) is 4.57. The van der Waals surface area contributed by atoms with E-state index in [4.69, 9.17) is 25.6 Å². The lowest BCUT2D eigenvalue weighted by Crippen LogP contribution is -2.31. The van der Waals surface area contributed by atoms with Crippen LogP contribution >= 0.6 is 19.6 Å². The van der Waals surface area contributed by atoms with Crippen LogP contribution in [0, 0.1) is 5.92 Å². The van der Waals surface area contributed by atoms with Crippen LogP contribution in [-0.4, -0.2) is 32.1 Å². The van der Waals surface area contributed by atoms with E-state index in [-0.39, 0.29) is 18.5 Å². The van der Waals surface area contributed by atoms with Gasteiger partial charge in [-0.2, -0.15) is 0 Å². The lowest BCUT2D eigenvalue weighted by molar-refractivity contribution is -0.158. The molecule has 7 nitrogen and oxygen atoms in total. The number of benzene rings is 1. The van der Waals surface area contributed by atoms with Gasteiger partial charge < -0.3 is 14.8 Å². The van der Waals surface area contributed by atoms with Crippen molar-refractivity contribution in [3.63, 3.8) is 0 Å². The SMILES string of the molecule is C[P+](=O)OCCC(NC(=O)OCOC(=O)C1CCCCC1)c1ccc(Cl)cc1. The molecule has 0 aromatic heterocycles. The molecule has 2 unspecified atom stereocenters. The highest BCUT2D eigenvalue weighted by atomic mass is 35.5. The number of nitrogens with one attached hydrogen (secondary N) is 1. The van der Waals surface area contributed by atoms with Gasteiger partial charge in [0.25, 0.3) is 0 Å². The van der Waals surface area contributed by atoms with Crippen LogP contribution in [0.5, 0.6) is 0 Å². The van der Waals surface area contributed by atoms with Crippen LogP contribution in [-0.2, 0) is 23.4 Å². The molecule has 0 aliphatic heterocycles. The molecular formula is C19H26ClNO6P+. The highest BCUT2D eigenvalue weighted by molar-refractivity contribution is 7.38. The predicted octanol–water partition coefficient (Wildman–Crippen LogP) is 4.97. The summed E-state index contributed by atoms with van der Waals surface area (Å²) in [6, 6.07) is 6.56. The van der Waals surface area contributed by atoms with Crippen LogP contribution in [0.2, 0.25) is 5.02 Å². The lowest BCUT2D eigenvalue weighted by Gasteiger charge is -2.20. The van der Waals surface area contributed by atoms with Gasteiger partial charge in [-0.05, 0) is 35.1 Å². The maximum atomic E-state index is 12.1. The van der Waals surface area contributed by atoms with Crippen LogP contribution in [0.3, 0.4) is 0 Å². The summed E-state index contributed by atoms with van der Waals surface area (Å²) in [5, 5.41) is 3.29. The summed E-state index contributed by atoms with van der Waals surface area (Å²) in [4.78, 5) is 24.1. The second-order valence-corrected chi connectivity index (χ2v) is 8.23. The third kappa shape index (κ3) is 8.13. The minimum Gasteiger partial charge on any atom is -0.428 e. The van der Waals surface area contributed by atoms with E-state index in [9.17, 15) is 14.2 Å². The molecule has 0 radical (unpaired) electrons. The van der Waals surface area contributed by atoms with Gasteiger partial charge in [-0.15, -0.1) is 4.52 Å². The highest BCUT2D eigenvalue weighted by Crippen LogP contribution is 2.25. The summed E-state index contributed by atoms with van der Waals surface area (Å²) >= 11 is 5.91. The van der Waals surface area contributed by atoms with Crippen LogP contribution in [0.1, 0.15) is 50.1 Å². The molecule has 1 N–H and O–H groups in total. The Bertz CT molecular complexity index is 663. The monoisotopic (exact) mass is 430 g/mol. The topological polar surface area (TPSA) is 90.9 Å². The molecule has 0 heterocycles. The van der Waals surface area contributed by atoms with Gasteiger partial charge in [0, 0.05) is 11.4 Å². The Morgan fingerprint density at radius 3 is 2.50 bits per heavy atom. The number of amides is 1. The smallest absolute Gasteiger partial charge is 0.428 e. The van der Waals surface area contributed by atoms with Crippen molar-refractivity contribution in [3.05, 3.63) is 34.9 Å². The van der Waals surface area contributed by atoms with Crippen LogP contribution in [0.15, 0.2) is 24.3 Å². The molecule has 28 heavy (non-hydrogen) atoms. The number of halogens is 1. The Morgan fingerprint density at radius 1 is 1.18 bits per heavy atom. The van der Waals surface area contributed by atoms with Gasteiger partial charge in [0.1, 0.15) is 6.61 Å². The van der Waals surface area contributed by atoms with Crippen molar-refractivity contribution in [2.75, 3.05) is 20.1 Å². The number of ether oxygens (including phenoxy) is 2. The number of hydrogen-bond acceptors (Lipinski definition) is 6. The van der Waals surface area contributed by atoms with E-state index in [0.29, 0.717) is 11.4 Å². The number of rotatable bonds is 9. The summed E-state index contributed by atoms with van der Waals surface area (Å²) in [6.45, 7) is 1.25. The van der Waals surface area contributed by atoms with Gasteiger partial charge in [-0.3, -0.25) is 4.79 Å². The van der Waals surface area contributed by atoms with Crippen LogP contribution in [0.25, 0.3) is 0 Å². The Labute approximate surface area is 170 Å². The van der Waals surface area contributed by atoms with E-state index in [2.05, 4.69) is 5.32 Å². The quantitative estimate of drug-likeness (QED) is 0.338. The van der Waals surface area contributed by atoms with Gasteiger partial charge >= 0.3 is 20.1 Å². The van der Waals surface area contributed by atoms with E-state index >= 15 is 0 Å². The molecular weight excluding hydrogens is 405 g/mol. The molecule has 154 valence electrons. The van der Waals surface area contributed by atoms with E-state index in [1.54, 1.807) is 24.3 Å². The van der Waals surface area contributed by atoms with Gasteiger partial charge in [0.15, 0.2) is 6.66 Å². The van der Waals surface area contributed by atoms with Crippen LogP contribution < -0.4 is 5.32 Å².